The molecule has 36 N–H and O–H groups in total. The van der Waals surface area contributed by atoms with Gasteiger partial charge in [0.1, 0.15) is 208 Å². The second-order valence-electron chi connectivity index (χ2n) is 35.7. The summed E-state index contributed by atoms with van der Waals surface area (Å²) in [5.41, 5.74) is 11.9. The lowest BCUT2D eigenvalue weighted by molar-refractivity contribution is -0.402. The maximum absolute atomic E-state index is 12.8. The number of hydrogen-bond donors (Lipinski definition) is 34. The highest BCUT2D eigenvalue weighted by Crippen LogP contribution is 2.44. The Bertz CT molecular complexity index is 3610. The zero-order valence-corrected chi connectivity index (χ0v) is 72.8. The van der Waals surface area contributed by atoms with Crippen LogP contribution in [0.2, 0.25) is 0 Å². The fraction of sp³-hybridized carbons (Fsp3) is 0.974. The number of nitrogens with two attached hydrogens (primary N) is 2. The van der Waals surface area contributed by atoms with Crippen molar-refractivity contribution in [2.75, 3.05) is 72.7 Å². The highest BCUT2D eigenvalue weighted by atomic mass is 16.8. The van der Waals surface area contributed by atoms with Crippen LogP contribution < -0.4 is 11.5 Å². The molecule has 0 saturated carbocycles. The molecule has 0 amide bonds. The third-order valence-corrected chi connectivity index (χ3v) is 26.8. The third-order valence-electron chi connectivity index (χ3n) is 26.8. The van der Waals surface area contributed by atoms with Crippen LogP contribution in [0.1, 0.15) is 47.5 Å². The largest absolute Gasteiger partial charge is 0.477 e. The summed E-state index contributed by atoms with van der Waals surface area (Å²) in [4.78, 5) is 25.7. The number of carbonyl (C=O) groups is 2. The van der Waals surface area contributed by atoms with Gasteiger partial charge in [0.15, 0.2) is 50.3 Å². The number of aliphatic carboxylic acids is 2. The van der Waals surface area contributed by atoms with Crippen molar-refractivity contribution in [3.8, 4) is 0 Å². The number of aliphatic hydroxyl groups excluding tert-OH is 30. The predicted molar refractivity (Wildman–Crippen MR) is 417 cm³/mol. The van der Waals surface area contributed by atoms with Gasteiger partial charge in [0.05, 0.1) is 127 Å². The summed E-state index contributed by atoms with van der Waals surface area (Å²) < 4.78 is 125. The molecule has 0 aliphatic carbocycles. The van der Waals surface area contributed by atoms with Crippen LogP contribution in [0.3, 0.4) is 0 Å². The van der Waals surface area contributed by atoms with Crippen molar-refractivity contribution >= 4 is 11.9 Å². The van der Waals surface area contributed by atoms with E-state index in [0.717, 1.165) is 0 Å². The first-order valence-electron chi connectivity index (χ1n) is 43.7. The summed E-state index contributed by atoms with van der Waals surface area (Å²) in [6, 6.07) is -3.17. The zero-order valence-electron chi connectivity index (χ0n) is 72.8. The molecule has 11 fully saturated rings. The van der Waals surface area contributed by atoms with Gasteiger partial charge in [-0.05, 0) is 6.92 Å². The van der Waals surface area contributed by atoms with Gasteiger partial charge >= 0.3 is 11.9 Å². The quantitative estimate of drug-likeness (QED) is 0.0275. The summed E-state index contributed by atoms with van der Waals surface area (Å²) in [7, 11) is 0. The molecule has 57 atom stereocenters. The molecule has 0 radical (unpaired) electrons. The average Bonchev–Trinajstić information content (AvgIpc) is 0.770. The molecule has 0 aromatic rings. The summed E-state index contributed by atoms with van der Waals surface area (Å²) in [5, 5.41) is 354. The number of ether oxygens (including phenoxy) is 21. The normalized spacial score (nSPS) is 50.9. The van der Waals surface area contributed by atoms with E-state index < -0.39 is 445 Å². The molecular weight excluding hydrogens is 1830 g/mol. The van der Waals surface area contributed by atoms with Gasteiger partial charge in [0, 0.05) is 36.5 Å². The predicted octanol–water partition coefficient (Wildman–Crippen LogP) is -20.5. The summed E-state index contributed by atoms with van der Waals surface area (Å²) in [5.74, 6) is -14.7. The van der Waals surface area contributed by atoms with Crippen molar-refractivity contribution in [2.45, 2.75) is 372 Å². The fourth-order valence-electron chi connectivity index (χ4n) is 18.0. The number of rotatable bonds is 37. The van der Waals surface area contributed by atoms with Gasteiger partial charge in [-0.2, -0.15) is 0 Å². The minimum atomic E-state index is -2.97. The van der Waals surface area contributed by atoms with Crippen molar-refractivity contribution in [3.05, 3.63) is 0 Å². The molecule has 134 heavy (non-hydrogen) atoms. The Hall–Kier alpha value is -3.18. The Morgan fingerprint density at radius 1 is 0.306 bits per heavy atom. The van der Waals surface area contributed by atoms with Crippen LogP contribution in [0.5, 0.6) is 0 Å². The van der Waals surface area contributed by atoms with Gasteiger partial charge in [-0.3, -0.25) is 0 Å². The Morgan fingerprint density at radius 2 is 0.590 bits per heavy atom. The van der Waals surface area contributed by atoms with E-state index in [4.69, 9.17) is 111 Å². The van der Waals surface area contributed by atoms with Gasteiger partial charge in [-0.1, -0.05) is 27.7 Å². The molecule has 0 aromatic carbocycles. The van der Waals surface area contributed by atoms with E-state index >= 15 is 0 Å². The van der Waals surface area contributed by atoms with Gasteiger partial charge in [-0.25, -0.2) is 9.59 Å². The van der Waals surface area contributed by atoms with E-state index in [1.54, 1.807) is 13.8 Å². The van der Waals surface area contributed by atoms with E-state index in [1.165, 1.54) is 20.8 Å². The van der Waals surface area contributed by atoms with E-state index in [2.05, 4.69) is 0 Å². The van der Waals surface area contributed by atoms with Crippen LogP contribution in [-0.2, 0) is 109 Å². The number of carboxylic acids is 2. The third kappa shape index (κ3) is 23.1. The average molecular weight is 1970 g/mol. The molecule has 780 valence electrons. The van der Waals surface area contributed by atoms with Crippen LogP contribution in [-0.4, -0.2) is 572 Å². The first kappa shape index (κ1) is 111. The second kappa shape index (κ2) is 47.1. The van der Waals surface area contributed by atoms with Crippen LogP contribution in [0.25, 0.3) is 0 Å². The van der Waals surface area contributed by atoms with E-state index in [9.17, 15) is 173 Å². The maximum Gasteiger partial charge on any atom is 0.364 e. The fourth-order valence-corrected chi connectivity index (χ4v) is 18.0. The van der Waals surface area contributed by atoms with Crippen molar-refractivity contribution in [2.24, 2.45) is 35.1 Å². The molecule has 11 aliphatic heterocycles. The van der Waals surface area contributed by atoms with Crippen LogP contribution in [0, 0.1) is 23.7 Å². The monoisotopic (exact) mass is 1960 g/mol. The summed E-state index contributed by atoms with van der Waals surface area (Å²) in [6.45, 7) is -4.65. The minimum Gasteiger partial charge on any atom is -0.477 e. The Balaban J connectivity index is 0.829. The SMILES string of the molecule is CC1C(O)[C@H](O[C@@H]2OC(CO[C@]3(C(=O)O)C[C@@H](O)[C@@H](N)C([C@H](O)[C@H](O)CO)O3)[C@H](O)C(O)[C@@H]2O)[C@H](CO)O[C@H]1OC1C(O)[C@H](O)C(CO)O[C@@H]1OCC1O[C@@H](O[C@@H]2C(CO)O[C@@H](O[C@@H]3C(CO)O[C@@H](C)[C@@H](C)C3O)[C@@H](C)C2O)[C@H](O)C(O[C@H]2O[C@H](CO)[C@@H](O)C(O)C2O[C@@H]2OC(CO)[C@@H](O[C@@H]3OC(CO[C@]4(C(=O)O)C[C@@H](O)[C@@H](N)C([C@H](O)[C@H](O)CO)O4)[C@H](O)C(O)[C@@H]3O)C(O)[C@@H]2C)[C@@H]1O. The Morgan fingerprint density at radius 3 is 0.940 bits per heavy atom. The molecular formula is C77H132N2O55. The summed E-state index contributed by atoms with van der Waals surface area (Å²) in [6.07, 6.45) is -98.7. The number of carboxylic acid groups (broad SMARTS) is 2. The molecule has 0 spiro atoms. The van der Waals surface area contributed by atoms with Crippen molar-refractivity contribution in [1.29, 1.82) is 0 Å². The molecule has 11 rings (SSSR count). The standard InChI is InChI=1S/C77H132N2O55/c1-19-23(5)117-30(12-84)57(39(19)92)126-66-20(2)40(93)60(33(15-87)120-66)129-71-56(109)63(130-73-65(53(106)46(99)29(11-83)119-73)132-68-22(4)42(95)59(32(14-86)122-68)128-70-55(108)51(104)48(101)36(125-70)18-116-77(75(112)113)7-25(89)38(79)62(134-77)44(97)27(91)9-81)49(102)34(123-71)16-114-72-64(52(105)45(98)28(10-82)118-72)131-67-21(3)41(94)58(31(13-85)121-67)127-69-54(107)50(103)47(100)35(124-69)17-115-76(74(110)111)6-24(88)37(78)61(133-76)43(96)26(90)8-80/h19-73,80-109H,6-18,78-79H2,1-5H3,(H,110,111)(H,112,113)/t19-,20+,21?,22+,23+,24-,25-,26-,27-,28?,29-,30?,31+,32?,33?,34?,35?,36?,37-,38-,39?,40?,41?,42?,43-,44-,45-,46-,47+,48+,49-,50?,51?,52?,53?,54+,55+,56-,57-,58-,59-,60-,61?,62?,63?,64?,65?,66+,67+,68+,69+,70+,71+,72+,73-,76-,77-/m1/s1. The lowest BCUT2D eigenvalue weighted by Gasteiger charge is -2.51. The molecule has 21 unspecified atom stereocenters. The van der Waals surface area contributed by atoms with Crippen LogP contribution >= 0.6 is 0 Å². The molecule has 11 saturated heterocycles. The molecule has 0 bridgehead atoms. The highest BCUT2D eigenvalue weighted by Gasteiger charge is 2.63. The molecule has 11 aliphatic rings. The van der Waals surface area contributed by atoms with Crippen molar-refractivity contribution in [3.63, 3.8) is 0 Å². The first-order chi connectivity index (χ1) is 63.2. The second-order valence-corrected chi connectivity index (χ2v) is 35.7. The highest BCUT2D eigenvalue weighted by molar-refractivity contribution is 5.76. The maximum atomic E-state index is 12.8. The van der Waals surface area contributed by atoms with E-state index in [-0.39, 0.29) is 0 Å². The van der Waals surface area contributed by atoms with Gasteiger partial charge in [0.25, 0.3) is 11.6 Å². The molecule has 0 aromatic heterocycles. The van der Waals surface area contributed by atoms with Crippen molar-refractivity contribution in [1.82, 2.24) is 0 Å². The smallest absolute Gasteiger partial charge is 0.364 e. The molecule has 57 nitrogen and oxygen atoms in total. The topological polar surface area (TPSA) is 927 Å². The van der Waals surface area contributed by atoms with Crippen LogP contribution in [0.4, 0.5) is 0 Å². The first-order valence-corrected chi connectivity index (χ1v) is 43.7. The van der Waals surface area contributed by atoms with Crippen molar-refractivity contribution < 1.29 is 272 Å². The van der Waals surface area contributed by atoms with E-state index in [1.807, 2.05) is 0 Å². The molecule has 57 heteroatoms. The number of aliphatic hydroxyl groups is 30. The molecule has 11 heterocycles. The lowest BCUT2D eigenvalue weighted by atomic mass is 9.88. The van der Waals surface area contributed by atoms with E-state index in [0.29, 0.717) is 0 Å². The number of hydrogen-bond acceptors (Lipinski definition) is 55. The minimum absolute atomic E-state index is 0.584. The zero-order chi connectivity index (χ0) is 99.0. The van der Waals surface area contributed by atoms with Gasteiger partial charge in [0.2, 0.25) is 0 Å². The summed E-state index contributed by atoms with van der Waals surface area (Å²) >= 11 is 0. The Labute approximate surface area is 761 Å². The van der Waals surface area contributed by atoms with Gasteiger partial charge in [-0.15, -0.1) is 0 Å². The lowest BCUT2D eigenvalue weighted by Crippen LogP contribution is -2.68. The van der Waals surface area contributed by atoms with Crippen LogP contribution in [0.15, 0.2) is 0 Å². The Kier molecular flexibility index (Phi) is 39.1. The van der Waals surface area contributed by atoms with Gasteiger partial charge < -0.3 is 274 Å².